The van der Waals surface area contributed by atoms with Crippen molar-refractivity contribution < 1.29 is 4.79 Å². The van der Waals surface area contributed by atoms with E-state index in [1.807, 2.05) is 0 Å². The molecule has 86 valence electrons. The Labute approximate surface area is 98.0 Å². The quantitative estimate of drug-likeness (QED) is 0.700. The van der Waals surface area contributed by atoms with Gasteiger partial charge in [-0.25, -0.2) is 0 Å². The number of rotatable bonds is 4. The van der Waals surface area contributed by atoms with E-state index in [1.54, 1.807) is 25.3 Å². The van der Waals surface area contributed by atoms with Gasteiger partial charge in [0.05, 0.1) is 11.5 Å². The number of carbonyl (C=O) groups is 1. The third kappa shape index (κ3) is 2.66. The van der Waals surface area contributed by atoms with E-state index in [9.17, 15) is 9.59 Å². The Kier molecular flexibility index (Phi) is 3.78. The number of aromatic nitrogens is 1. The lowest BCUT2D eigenvalue weighted by Gasteiger charge is -2.10. The molecular weight excluding hydrogens is 226 g/mol. The molecule has 0 fully saturated rings. The average molecular weight is 239 g/mol. The Bertz CT molecular complexity index is 481. The fourth-order valence-corrected chi connectivity index (χ4v) is 1.41. The van der Waals surface area contributed by atoms with Gasteiger partial charge in [0.1, 0.15) is 4.99 Å². The van der Waals surface area contributed by atoms with Crippen molar-refractivity contribution in [2.45, 2.75) is 13.5 Å². The van der Waals surface area contributed by atoms with Gasteiger partial charge in [-0.2, -0.15) is 0 Å². The van der Waals surface area contributed by atoms with Crippen LogP contribution in [0.5, 0.6) is 0 Å². The highest BCUT2D eigenvalue weighted by Crippen LogP contribution is 1.99. The van der Waals surface area contributed by atoms with Crippen LogP contribution in [0.4, 0.5) is 0 Å². The van der Waals surface area contributed by atoms with Crippen LogP contribution < -0.4 is 17.0 Å². The molecule has 1 rings (SSSR count). The van der Waals surface area contributed by atoms with Crippen molar-refractivity contribution in [3.63, 3.8) is 0 Å². The van der Waals surface area contributed by atoms with Crippen molar-refractivity contribution >= 4 is 23.1 Å². The predicted molar refractivity (Wildman–Crippen MR) is 64.9 cm³/mol. The maximum atomic E-state index is 11.8. The normalized spacial score (nSPS) is 12.1. The van der Waals surface area contributed by atoms with E-state index in [-0.39, 0.29) is 22.7 Å². The van der Waals surface area contributed by atoms with Crippen LogP contribution in [0.1, 0.15) is 12.5 Å². The Morgan fingerprint density at radius 3 is 2.69 bits per heavy atom. The number of nitrogens with two attached hydrogens (primary N) is 2. The van der Waals surface area contributed by atoms with E-state index < -0.39 is 11.8 Å². The number of hydrogen-bond donors (Lipinski definition) is 2. The summed E-state index contributed by atoms with van der Waals surface area (Å²) in [5.74, 6) is -0.869. The molecule has 0 radical (unpaired) electrons. The van der Waals surface area contributed by atoms with Gasteiger partial charge in [0.25, 0.3) is 5.56 Å². The van der Waals surface area contributed by atoms with Gasteiger partial charge in [-0.3, -0.25) is 9.59 Å². The van der Waals surface area contributed by atoms with Crippen LogP contribution in [0.15, 0.2) is 23.1 Å². The van der Waals surface area contributed by atoms with Gasteiger partial charge in [0.15, 0.2) is 0 Å². The van der Waals surface area contributed by atoms with Crippen molar-refractivity contribution in [3.8, 4) is 0 Å². The first-order chi connectivity index (χ1) is 7.43. The molecule has 1 atom stereocenters. The number of nitrogens with zero attached hydrogens (tertiary/aromatic N) is 1. The lowest BCUT2D eigenvalue weighted by Crippen LogP contribution is -2.33. The van der Waals surface area contributed by atoms with Gasteiger partial charge >= 0.3 is 0 Å². The number of hydrogen-bond acceptors (Lipinski definition) is 3. The first-order valence-electron chi connectivity index (χ1n) is 4.72. The summed E-state index contributed by atoms with van der Waals surface area (Å²) < 4.78 is 1.38. The number of amides is 1. The van der Waals surface area contributed by atoms with Crippen LogP contribution >= 0.6 is 12.2 Å². The number of thiocarbonyl (C=S) groups is 1. The Balaban J connectivity index is 3.07. The minimum absolute atomic E-state index is 0.0473. The molecule has 0 aromatic carbocycles. The van der Waals surface area contributed by atoms with Crippen LogP contribution in [0.25, 0.3) is 0 Å². The molecule has 0 bridgehead atoms. The fourth-order valence-electron chi connectivity index (χ4n) is 1.25. The monoisotopic (exact) mass is 239 g/mol. The second-order valence-electron chi connectivity index (χ2n) is 3.55. The van der Waals surface area contributed by atoms with Crippen LogP contribution in [-0.4, -0.2) is 15.5 Å². The zero-order valence-electron chi connectivity index (χ0n) is 8.84. The third-order valence-corrected chi connectivity index (χ3v) is 2.46. The highest BCUT2D eigenvalue weighted by molar-refractivity contribution is 7.80. The first-order valence-corrected chi connectivity index (χ1v) is 5.13. The van der Waals surface area contributed by atoms with Gasteiger partial charge in [-0.15, -0.1) is 0 Å². The van der Waals surface area contributed by atoms with Crippen LogP contribution in [0.2, 0.25) is 0 Å². The summed E-state index contributed by atoms with van der Waals surface area (Å²) in [7, 11) is 0. The van der Waals surface area contributed by atoms with Gasteiger partial charge in [0, 0.05) is 12.7 Å². The summed E-state index contributed by atoms with van der Waals surface area (Å²) >= 11 is 4.75. The van der Waals surface area contributed by atoms with Crippen LogP contribution in [0.3, 0.4) is 0 Å². The largest absolute Gasteiger partial charge is 0.389 e. The van der Waals surface area contributed by atoms with E-state index in [0.29, 0.717) is 0 Å². The summed E-state index contributed by atoms with van der Waals surface area (Å²) in [5, 5.41) is 0. The van der Waals surface area contributed by atoms with Gasteiger partial charge in [0.2, 0.25) is 5.91 Å². The summed E-state index contributed by atoms with van der Waals surface area (Å²) in [6.45, 7) is 1.88. The van der Waals surface area contributed by atoms with Crippen molar-refractivity contribution in [3.05, 3.63) is 34.2 Å². The van der Waals surface area contributed by atoms with Gasteiger partial charge < -0.3 is 16.0 Å². The second kappa shape index (κ2) is 4.89. The van der Waals surface area contributed by atoms with Gasteiger partial charge in [-0.1, -0.05) is 19.1 Å². The minimum atomic E-state index is -0.451. The van der Waals surface area contributed by atoms with Crippen molar-refractivity contribution in [1.29, 1.82) is 0 Å². The number of pyridine rings is 1. The highest BCUT2D eigenvalue weighted by Gasteiger charge is 2.12. The lowest BCUT2D eigenvalue weighted by molar-refractivity contribution is -0.121. The predicted octanol–water partition coefficient (Wildman–Crippen LogP) is -0.396. The molecule has 0 spiro atoms. The summed E-state index contributed by atoms with van der Waals surface area (Å²) in [6, 6.07) is 3.21. The molecule has 0 aliphatic heterocycles. The standard InChI is InChI=1S/C10H13N3O2S/c1-6(8(11)14)5-13-4-2-3-7(9(12)16)10(13)15/h2-4,6H,5H2,1H3,(H2,11,14)(H2,12,16). The van der Waals surface area contributed by atoms with Gasteiger partial charge in [-0.05, 0) is 12.1 Å². The molecule has 1 aromatic rings. The topological polar surface area (TPSA) is 91.1 Å². The molecule has 0 saturated carbocycles. The van der Waals surface area contributed by atoms with Crippen molar-refractivity contribution in [1.82, 2.24) is 4.57 Å². The fraction of sp³-hybridized carbons (Fsp3) is 0.300. The maximum Gasteiger partial charge on any atom is 0.260 e. The Hall–Kier alpha value is -1.69. The molecule has 4 N–H and O–H groups in total. The molecule has 16 heavy (non-hydrogen) atoms. The molecule has 0 aliphatic carbocycles. The second-order valence-corrected chi connectivity index (χ2v) is 3.99. The molecule has 1 aromatic heterocycles. The summed E-state index contributed by atoms with van der Waals surface area (Å²) in [5.41, 5.74) is 10.5. The van der Waals surface area contributed by atoms with E-state index >= 15 is 0 Å². The molecule has 0 saturated heterocycles. The molecule has 1 unspecified atom stereocenters. The minimum Gasteiger partial charge on any atom is -0.389 e. The SMILES string of the molecule is CC(Cn1cccc(C(N)=S)c1=O)C(N)=O. The van der Waals surface area contributed by atoms with Crippen LogP contribution in [0, 0.1) is 5.92 Å². The molecule has 5 nitrogen and oxygen atoms in total. The summed E-state index contributed by atoms with van der Waals surface area (Å²) in [4.78, 5) is 22.7. The van der Waals surface area contributed by atoms with E-state index in [4.69, 9.17) is 23.7 Å². The Morgan fingerprint density at radius 2 is 2.19 bits per heavy atom. The summed E-state index contributed by atoms with van der Waals surface area (Å²) in [6.07, 6.45) is 1.57. The van der Waals surface area contributed by atoms with E-state index in [1.165, 1.54) is 4.57 Å². The lowest BCUT2D eigenvalue weighted by atomic mass is 10.1. The van der Waals surface area contributed by atoms with Crippen molar-refractivity contribution in [2.24, 2.45) is 17.4 Å². The third-order valence-electron chi connectivity index (χ3n) is 2.24. The zero-order chi connectivity index (χ0) is 12.3. The number of carbonyl (C=O) groups excluding carboxylic acids is 1. The molecule has 6 heteroatoms. The maximum absolute atomic E-state index is 11.8. The highest BCUT2D eigenvalue weighted by atomic mass is 32.1. The average Bonchev–Trinajstić information content (AvgIpc) is 2.20. The smallest absolute Gasteiger partial charge is 0.260 e. The number of primary amides is 1. The molecule has 0 aliphatic rings. The van der Waals surface area contributed by atoms with E-state index in [0.717, 1.165) is 0 Å². The molecular formula is C10H13N3O2S. The first kappa shape index (κ1) is 12.4. The molecule has 1 heterocycles. The Morgan fingerprint density at radius 1 is 1.56 bits per heavy atom. The van der Waals surface area contributed by atoms with Crippen LogP contribution in [-0.2, 0) is 11.3 Å². The van der Waals surface area contributed by atoms with Crippen molar-refractivity contribution in [2.75, 3.05) is 0 Å². The molecule has 1 amide bonds. The zero-order valence-corrected chi connectivity index (χ0v) is 9.66. The van der Waals surface area contributed by atoms with E-state index in [2.05, 4.69) is 0 Å².